The molecule has 0 radical (unpaired) electrons. The van der Waals surface area contributed by atoms with Crippen LogP contribution in [0.25, 0.3) is 5.82 Å². The standard InChI is InChI=1S/C21H22N4OS/c1-2-11-25-16-6-3-10-22-19(16)24-12-4-8-18(24)21(25)9-13-23(15-21)20(26)17-7-5-14-27-17/h3-8,10,12,14H,2,9,11,13,15H2,1H3. The third kappa shape index (κ3) is 2.36. The van der Waals surface area contributed by atoms with Crippen LogP contribution in [-0.2, 0) is 5.54 Å². The highest BCUT2D eigenvalue weighted by Gasteiger charge is 2.50. The van der Waals surface area contributed by atoms with Crippen LogP contribution < -0.4 is 4.90 Å². The zero-order valence-corrected chi connectivity index (χ0v) is 16.2. The Morgan fingerprint density at radius 2 is 2.19 bits per heavy atom. The molecule has 27 heavy (non-hydrogen) atoms. The largest absolute Gasteiger partial charge is 0.355 e. The molecular weight excluding hydrogens is 356 g/mol. The Kier molecular flexibility index (Phi) is 3.82. The van der Waals surface area contributed by atoms with Crippen molar-refractivity contribution < 1.29 is 4.79 Å². The number of fused-ring (bicyclic) bond motifs is 4. The molecule has 6 heteroatoms. The first-order valence-corrected chi connectivity index (χ1v) is 10.4. The minimum atomic E-state index is -0.192. The number of carbonyl (C=O) groups is 1. The minimum absolute atomic E-state index is 0.147. The number of amides is 1. The van der Waals surface area contributed by atoms with Crippen molar-refractivity contribution in [2.24, 2.45) is 0 Å². The number of hydrogen-bond acceptors (Lipinski definition) is 4. The van der Waals surface area contributed by atoms with Crippen LogP contribution >= 0.6 is 11.3 Å². The van der Waals surface area contributed by atoms with Crippen molar-refractivity contribution >= 4 is 22.9 Å². The van der Waals surface area contributed by atoms with Gasteiger partial charge in [-0.1, -0.05) is 13.0 Å². The monoisotopic (exact) mass is 378 g/mol. The Labute approximate surface area is 162 Å². The molecular formula is C21H22N4OS. The Bertz CT molecular complexity index is 980. The van der Waals surface area contributed by atoms with Crippen molar-refractivity contribution in [2.75, 3.05) is 24.5 Å². The summed E-state index contributed by atoms with van der Waals surface area (Å²) >= 11 is 1.52. The van der Waals surface area contributed by atoms with E-state index in [0.717, 1.165) is 42.3 Å². The topological polar surface area (TPSA) is 41.4 Å². The second-order valence-electron chi connectivity index (χ2n) is 7.25. The zero-order valence-electron chi connectivity index (χ0n) is 15.3. The first-order valence-electron chi connectivity index (χ1n) is 9.48. The van der Waals surface area contributed by atoms with Crippen molar-refractivity contribution in [3.63, 3.8) is 0 Å². The second kappa shape index (κ2) is 6.23. The molecule has 138 valence electrons. The van der Waals surface area contributed by atoms with Crippen molar-refractivity contribution in [1.29, 1.82) is 0 Å². The fourth-order valence-electron chi connectivity index (χ4n) is 4.61. The summed E-state index contributed by atoms with van der Waals surface area (Å²) < 4.78 is 2.21. The molecule has 1 amide bonds. The average molecular weight is 379 g/mol. The smallest absolute Gasteiger partial charge is 0.264 e. The highest BCUT2D eigenvalue weighted by Crippen LogP contribution is 2.47. The predicted molar refractivity (Wildman–Crippen MR) is 108 cm³/mol. The maximum absolute atomic E-state index is 13.0. The molecule has 1 unspecified atom stereocenters. The third-order valence-corrected chi connectivity index (χ3v) is 6.60. The lowest BCUT2D eigenvalue weighted by atomic mass is 9.88. The van der Waals surface area contributed by atoms with Crippen LogP contribution in [0.1, 0.15) is 35.1 Å². The summed E-state index contributed by atoms with van der Waals surface area (Å²) in [4.78, 5) is 23.0. The van der Waals surface area contributed by atoms with Gasteiger partial charge in [-0.2, -0.15) is 0 Å². The van der Waals surface area contributed by atoms with E-state index in [0.29, 0.717) is 6.54 Å². The summed E-state index contributed by atoms with van der Waals surface area (Å²) in [5.74, 6) is 1.13. The molecule has 2 aliphatic rings. The van der Waals surface area contributed by atoms with Gasteiger partial charge >= 0.3 is 0 Å². The molecule has 3 aromatic rings. The Morgan fingerprint density at radius 1 is 1.26 bits per heavy atom. The maximum atomic E-state index is 13.0. The van der Waals surface area contributed by atoms with Gasteiger partial charge in [0.15, 0.2) is 5.82 Å². The van der Waals surface area contributed by atoms with E-state index < -0.39 is 0 Å². The summed E-state index contributed by atoms with van der Waals surface area (Å²) in [6, 6.07) is 12.3. The van der Waals surface area contributed by atoms with Crippen molar-refractivity contribution in [3.05, 3.63) is 64.7 Å². The van der Waals surface area contributed by atoms with Crippen LogP contribution in [0.5, 0.6) is 0 Å². The lowest BCUT2D eigenvalue weighted by Gasteiger charge is -2.47. The Balaban J connectivity index is 1.60. The van der Waals surface area contributed by atoms with E-state index in [1.54, 1.807) is 0 Å². The van der Waals surface area contributed by atoms with Crippen LogP contribution in [-0.4, -0.2) is 40.0 Å². The molecule has 2 aliphatic heterocycles. The minimum Gasteiger partial charge on any atom is -0.355 e. The van der Waals surface area contributed by atoms with Gasteiger partial charge in [-0.05, 0) is 48.6 Å². The van der Waals surface area contributed by atoms with Crippen molar-refractivity contribution in [2.45, 2.75) is 25.3 Å². The maximum Gasteiger partial charge on any atom is 0.264 e. The Morgan fingerprint density at radius 3 is 3.00 bits per heavy atom. The van der Waals surface area contributed by atoms with Crippen LogP contribution in [0, 0.1) is 0 Å². The van der Waals surface area contributed by atoms with Crippen molar-refractivity contribution in [1.82, 2.24) is 14.5 Å². The summed E-state index contributed by atoms with van der Waals surface area (Å²) in [6.07, 6.45) is 5.93. The quantitative estimate of drug-likeness (QED) is 0.694. The molecule has 1 atom stereocenters. The number of rotatable bonds is 3. The van der Waals surface area contributed by atoms with Gasteiger partial charge in [0.1, 0.15) is 5.54 Å². The van der Waals surface area contributed by atoms with E-state index in [1.807, 2.05) is 34.7 Å². The van der Waals surface area contributed by atoms with Gasteiger partial charge in [0.25, 0.3) is 5.91 Å². The molecule has 3 aromatic heterocycles. The molecule has 5 rings (SSSR count). The fraction of sp³-hybridized carbons (Fsp3) is 0.333. The number of anilines is 1. The molecule has 0 saturated carbocycles. The summed E-state index contributed by atoms with van der Waals surface area (Å²) in [5.41, 5.74) is 2.21. The van der Waals surface area contributed by atoms with Gasteiger partial charge < -0.3 is 14.4 Å². The predicted octanol–water partition coefficient (Wildman–Crippen LogP) is 3.91. The van der Waals surface area contributed by atoms with Gasteiger partial charge in [-0.3, -0.25) is 4.79 Å². The number of aromatic nitrogens is 2. The first-order chi connectivity index (χ1) is 13.2. The lowest BCUT2D eigenvalue weighted by Crippen LogP contribution is -2.53. The number of carbonyl (C=O) groups excluding carboxylic acids is 1. The molecule has 0 bridgehead atoms. The summed E-state index contributed by atoms with van der Waals surface area (Å²) in [5, 5.41) is 1.97. The molecule has 5 heterocycles. The van der Waals surface area contributed by atoms with Gasteiger partial charge in [0.2, 0.25) is 0 Å². The van der Waals surface area contributed by atoms with E-state index in [2.05, 4.69) is 45.8 Å². The average Bonchev–Trinajstić information content (AvgIpc) is 3.46. The SMILES string of the molecule is CCCN1c2cccnc2-n2cccc2C12CCN(C(=O)c1cccs1)C2. The molecule has 0 aromatic carbocycles. The van der Waals surface area contributed by atoms with Gasteiger partial charge in [-0.25, -0.2) is 4.98 Å². The van der Waals surface area contributed by atoms with E-state index in [1.165, 1.54) is 17.0 Å². The van der Waals surface area contributed by atoms with E-state index in [-0.39, 0.29) is 11.4 Å². The number of likely N-dealkylation sites (tertiary alicyclic amines) is 1. The molecule has 1 spiro atoms. The number of thiophene rings is 1. The number of nitrogens with zero attached hydrogens (tertiary/aromatic N) is 4. The summed E-state index contributed by atoms with van der Waals surface area (Å²) in [7, 11) is 0. The van der Waals surface area contributed by atoms with Crippen molar-refractivity contribution in [3.8, 4) is 5.82 Å². The van der Waals surface area contributed by atoms with E-state index in [4.69, 9.17) is 0 Å². The van der Waals surface area contributed by atoms with Gasteiger partial charge in [-0.15, -0.1) is 11.3 Å². The third-order valence-electron chi connectivity index (χ3n) is 5.74. The van der Waals surface area contributed by atoms with Crippen LogP contribution in [0.15, 0.2) is 54.2 Å². The van der Waals surface area contributed by atoms with Crippen LogP contribution in [0.2, 0.25) is 0 Å². The van der Waals surface area contributed by atoms with E-state index >= 15 is 0 Å². The van der Waals surface area contributed by atoms with E-state index in [9.17, 15) is 4.79 Å². The first kappa shape index (κ1) is 16.6. The normalized spacial score (nSPS) is 20.8. The number of pyridine rings is 1. The molecule has 0 N–H and O–H groups in total. The lowest BCUT2D eigenvalue weighted by molar-refractivity contribution is 0.0787. The second-order valence-corrected chi connectivity index (χ2v) is 8.19. The van der Waals surface area contributed by atoms with Gasteiger partial charge in [0, 0.05) is 32.0 Å². The molecule has 5 nitrogen and oxygen atoms in total. The molecule has 1 fully saturated rings. The zero-order chi connectivity index (χ0) is 18.4. The Hall–Kier alpha value is -2.60. The molecule has 0 aliphatic carbocycles. The number of hydrogen-bond donors (Lipinski definition) is 0. The highest BCUT2D eigenvalue weighted by molar-refractivity contribution is 7.12. The van der Waals surface area contributed by atoms with Gasteiger partial charge in [0.05, 0.1) is 16.3 Å². The highest BCUT2D eigenvalue weighted by atomic mass is 32.1. The molecule has 1 saturated heterocycles. The summed E-state index contributed by atoms with van der Waals surface area (Å²) in [6.45, 7) is 4.64. The fourth-order valence-corrected chi connectivity index (χ4v) is 5.30. The van der Waals surface area contributed by atoms with Crippen LogP contribution in [0.3, 0.4) is 0 Å². The van der Waals surface area contributed by atoms with Crippen LogP contribution in [0.4, 0.5) is 5.69 Å².